The van der Waals surface area contributed by atoms with E-state index in [0.717, 1.165) is 5.56 Å². The van der Waals surface area contributed by atoms with Crippen LogP contribution in [-0.2, 0) is 30.3 Å². The molecule has 0 spiro atoms. The summed E-state index contributed by atoms with van der Waals surface area (Å²) in [6.07, 6.45) is 0. The van der Waals surface area contributed by atoms with Crippen molar-refractivity contribution in [1.29, 1.82) is 0 Å². The second-order valence-corrected chi connectivity index (χ2v) is 7.59. The zero-order valence-electron chi connectivity index (χ0n) is 16.2. The highest BCUT2D eigenvalue weighted by Gasteiger charge is 2.32. The van der Waals surface area contributed by atoms with Crippen molar-refractivity contribution < 1.29 is 23.7 Å². The zero-order valence-corrected chi connectivity index (χ0v) is 16.2. The number of rotatable bonds is 11. The molecule has 0 radical (unpaired) electrons. The van der Waals surface area contributed by atoms with Crippen molar-refractivity contribution in [3.63, 3.8) is 0 Å². The molecular formula is C20H32O5. The molecule has 1 aromatic carbocycles. The van der Waals surface area contributed by atoms with Crippen LogP contribution in [0.15, 0.2) is 30.3 Å². The summed E-state index contributed by atoms with van der Waals surface area (Å²) in [5.41, 5.74) is -0.0151. The molecule has 0 aliphatic rings. The molecular weight excluding hydrogens is 320 g/mol. The number of carbonyl (C=O) groups excluding carboxylic acids is 1. The molecule has 0 bridgehead atoms. The first-order chi connectivity index (χ1) is 11.7. The smallest absolute Gasteiger partial charge is 0.314 e. The van der Waals surface area contributed by atoms with Gasteiger partial charge in [0.1, 0.15) is 5.60 Å². The zero-order chi connectivity index (χ0) is 18.8. The molecule has 0 fully saturated rings. The van der Waals surface area contributed by atoms with Gasteiger partial charge < -0.3 is 18.9 Å². The van der Waals surface area contributed by atoms with E-state index in [-0.39, 0.29) is 5.97 Å². The number of hydrogen-bond acceptors (Lipinski definition) is 5. The van der Waals surface area contributed by atoms with Crippen LogP contribution in [0.2, 0.25) is 0 Å². The molecule has 0 saturated carbocycles. The minimum Gasteiger partial charge on any atom is -0.459 e. The SMILES string of the molecule is CC(C)(C)OC(=O)C(C)(C)COCCOCCOCc1ccccc1. The summed E-state index contributed by atoms with van der Waals surface area (Å²) in [6, 6.07) is 10.0. The highest BCUT2D eigenvalue weighted by Crippen LogP contribution is 2.21. The monoisotopic (exact) mass is 352 g/mol. The Hall–Kier alpha value is -1.43. The Morgan fingerprint density at radius 1 is 0.840 bits per heavy atom. The Bertz CT molecular complexity index is 491. The molecule has 0 N–H and O–H groups in total. The molecule has 1 aromatic rings. The summed E-state index contributed by atoms with van der Waals surface area (Å²) in [6.45, 7) is 12.1. The van der Waals surface area contributed by atoms with E-state index < -0.39 is 11.0 Å². The van der Waals surface area contributed by atoms with E-state index >= 15 is 0 Å². The minimum absolute atomic E-state index is 0.254. The van der Waals surface area contributed by atoms with Gasteiger partial charge in [-0.3, -0.25) is 4.79 Å². The van der Waals surface area contributed by atoms with Crippen LogP contribution in [0.5, 0.6) is 0 Å². The van der Waals surface area contributed by atoms with Gasteiger partial charge in [0, 0.05) is 0 Å². The van der Waals surface area contributed by atoms with E-state index in [1.165, 1.54) is 0 Å². The van der Waals surface area contributed by atoms with Gasteiger partial charge in [0.15, 0.2) is 0 Å². The summed E-state index contributed by atoms with van der Waals surface area (Å²) in [7, 11) is 0. The fourth-order valence-corrected chi connectivity index (χ4v) is 1.90. The molecule has 1 rings (SSSR count). The first-order valence-electron chi connectivity index (χ1n) is 8.71. The third-order valence-corrected chi connectivity index (χ3v) is 3.27. The van der Waals surface area contributed by atoms with Gasteiger partial charge in [-0.2, -0.15) is 0 Å². The van der Waals surface area contributed by atoms with Gasteiger partial charge in [-0.15, -0.1) is 0 Å². The molecule has 5 heteroatoms. The Morgan fingerprint density at radius 3 is 2.00 bits per heavy atom. The fourth-order valence-electron chi connectivity index (χ4n) is 1.90. The van der Waals surface area contributed by atoms with E-state index in [1.54, 1.807) is 0 Å². The maximum absolute atomic E-state index is 12.1. The standard InChI is InChI=1S/C20H32O5/c1-19(2,3)25-18(21)20(4,5)16-24-14-12-22-11-13-23-15-17-9-7-6-8-10-17/h6-10H,11-16H2,1-5H3. The van der Waals surface area contributed by atoms with Crippen LogP contribution >= 0.6 is 0 Å². The number of benzene rings is 1. The Labute approximate surface area is 151 Å². The molecule has 0 aliphatic carbocycles. The van der Waals surface area contributed by atoms with Crippen molar-refractivity contribution in [3.8, 4) is 0 Å². The van der Waals surface area contributed by atoms with Crippen LogP contribution < -0.4 is 0 Å². The van der Waals surface area contributed by atoms with Crippen LogP contribution in [0.4, 0.5) is 0 Å². The normalized spacial score (nSPS) is 12.2. The van der Waals surface area contributed by atoms with Crippen molar-refractivity contribution >= 4 is 5.97 Å². The average molecular weight is 352 g/mol. The molecule has 25 heavy (non-hydrogen) atoms. The van der Waals surface area contributed by atoms with Crippen molar-refractivity contribution in [3.05, 3.63) is 35.9 Å². The predicted octanol–water partition coefficient (Wildman–Crippen LogP) is 3.60. The van der Waals surface area contributed by atoms with Gasteiger partial charge in [0.25, 0.3) is 0 Å². The Balaban J connectivity index is 2.03. The number of esters is 1. The summed E-state index contributed by atoms with van der Waals surface area (Å²) in [5.74, 6) is -0.254. The third kappa shape index (κ3) is 10.2. The van der Waals surface area contributed by atoms with E-state index in [4.69, 9.17) is 18.9 Å². The third-order valence-electron chi connectivity index (χ3n) is 3.27. The quantitative estimate of drug-likeness (QED) is 0.450. The van der Waals surface area contributed by atoms with Gasteiger partial charge in [-0.25, -0.2) is 0 Å². The molecule has 0 atom stereocenters. The predicted molar refractivity (Wildman–Crippen MR) is 97.4 cm³/mol. The maximum atomic E-state index is 12.1. The molecule has 142 valence electrons. The second-order valence-electron chi connectivity index (χ2n) is 7.59. The van der Waals surface area contributed by atoms with Gasteiger partial charge in [0.2, 0.25) is 0 Å². The van der Waals surface area contributed by atoms with Crippen molar-refractivity contribution in [2.45, 2.75) is 46.8 Å². The molecule has 5 nitrogen and oxygen atoms in total. The first kappa shape index (κ1) is 21.6. The van der Waals surface area contributed by atoms with Crippen LogP contribution in [0.1, 0.15) is 40.2 Å². The summed E-state index contributed by atoms with van der Waals surface area (Å²) in [4.78, 5) is 12.1. The van der Waals surface area contributed by atoms with Crippen molar-refractivity contribution in [1.82, 2.24) is 0 Å². The fraction of sp³-hybridized carbons (Fsp3) is 0.650. The summed E-state index contributed by atoms with van der Waals surface area (Å²) in [5, 5.41) is 0. The Kier molecular flexibility index (Phi) is 9.11. The first-order valence-corrected chi connectivity index (χ1v) is 8.71. The molecule has 0 heterocycles. The topological polar surface area (TPSA) is 54.0 Å². The molecule has 0 aromatic heterocycles. The van der Waals surface area contributed by atoms with E-state index in [1.807, 2.05) is 65.0 Å². The summed E-state index contributed by atoms with van der Waals surface area (Å²) >= 11 is 0. The van der Waals surface area contributed by atoms with Crippen LogP contribution in [0.25, 0.3) is 0 Å². The number of hydrogen-bond donors (Lipinski definition) is 0. The van der Waals surface area contributed by atoms with Crippen LogP contribution in [-0.4, -0.2) is 44.6 Å². The number of carbonyl (C=O) groups is 1. The van der Waals surface area contributed by atoms with Gasteiger partial charge in [-0.1, -0.05) is 30.3 Å². The second kappa shape index (κ2) is 10.5. The van der Waals surface area contributed by atoms with Crippen molar-refractivity contribution in [2.75, 3.05) is 33.0 Å². The van der Waals surface area contributed by atoms with Crippen molar-refractivity contribution in [2.24, 2.45) is 5.41 Å². The lowest BCUT2D eigenvalue weighted by Gasteiger charge is -2.28. The maximum Gasteiger partial charge on any atom is 0.314 e. The largest absolute Gasteiger partial charge is 0.459 e. The van der Waals surface area contributed by atoms with Crippen LogP contribution in [0, 0.1) is 5.41 Å². The Morgan fingerprint density at radius 2 is 1.40 bits per heavy atom. The molecule has 0 saturated heterocycles. The van der Waals surface area contributed by atoms with E-state index in [0.29, 0.717) is 39.6 Å². The number of ether oxygens (including phenoxy) is 4. The minimum atomic E-state index is -0.675. The highest BCUT2D eigenvalue weighted by atomic mass is 16.6. The molecule has 0 amide bonds. The lowest BCUT2D eigenvalue weighted by Crippen LogP contribution is -2.37. The van der Waals surface area contributed by atoms with Gasteiger partial charge in [-0.05, 0) is 40.2 Å². The summed E-state index contributed by atoms with van der Waals surface area (Å²) < 4.78 is 21.9. The van der Waals surface area contributed by atoms with Crippen LogP contribution in [0.3, 0.4) is 0 Å². The van der Waals surface area contributed by atoms with Gasteiger partial charge in [0.05, 0.1) is 45.1 Å². The lowest BCUT2D eigenvalue weighted by molar-refractivity contribution is -0.169. The van der Waals surface area contributed by atoms with E-state index in [9.17, 15) is 4.79 Å². The highest BCUT2D eigenvalue weighted by molar-refractivity contribution is 5.76. The van der Waals surface area contributed by atoms with E-state index in [2.05, 4.69) is 0 Å². The lowest BCUT2D eigenvalue weighted by atomic mass is 9.95. The molecule has 0 unspecified atom stereocenters. The average Bonchev–Trinajstić information content (AvgIpc) is 2.52. The van der Waals surface area contributed by atoms with Gasteiger partial charge >= 0.3 is 5.97 Å². The molecule has 0 aliphatic heterocycles.